The van der Waals surface area contributed by atoms with Crippen molar-refractivity contribution in [2.24, 2.45) is 17.3 Å². The highest BCUT2D eigenvalue weighted by Crippen LogP contribution is 2.24. The summed E-state index contributed by atoms with van der Waals surface area (Å²) in [5, 5.41) is 11.9. The smallest absolute Gasteiger partial charge is 0.308 e. The number of amides is 1. The minimum absolute atomic E-state index is 0.00548. The molecule has 0 aliphatic heterocycles. The number of carbonyl (C=O) groups is 2. The van der Waals surface area contributed by atoms with E-state index in [0.29, 0.717) is 6.42 Å². The van der Waals surface area contributed by atoms with E-state index in [-0.39, 0.29) is 23.8 Å². The van der Waals surface area contributed by atoms with Crippen LogP contribution >= 0.6 is 0 Å². The van der Waals surface area contributed by atoms with Crippen molar-refractivity contribution < 1.29 is 14.7 Å². The summed E-state index contributed by atoms with van der Waals surface area (Å²) in [6.07, 6.45) is 2.14. The topological polar surface area (TPSA) is 66.4 Å². The fourth-order valence-corrected chi connectivity index (χ4v) is 2.01. The van der Waals surface area contributed by atoms with Gasteiger partial charge in [0.1, 0.15) is 0 Å². The van der Waals surface area contributed by atoms with Crippen molar-refractivity contribution in [1.29, 1.82) is 0 Å². The highest BCUT2D eigenvalue weighted by molar-refractivity contribution is 5.79. The zero-order valence-corrected chi connectivity index (χ0v) is 12.2. The van der Waals surface area contributed by atoms with E-state index in [1.807, 2.05) is 34.6 Å². The molecular weight excluding hydrogens is 230 g/mol. The molecule has 1 amide bonds. The molecule has 18 heavy (non-hydrogen) atoms. The second kappa shape index (κ2) is 7.39. The van der Waals surface area contributed by atoms with Crippen LogP contribution in [-0.2, 0) is 9.59 Å². The molecule has 0 heterocycles. The van der Waals surface area contributed by atoms with Gasteiger partial charge in [-0.05, 0) is 24.7 Å². The molecule has 0 aromatic carbocycles. The first kappa shape index (κ1) is 16.9. The Morgan fingerprint density at radius 3 is 1.94 bits per heavy atom. The lowest BCUT2D eigenvalue weighted by molar-refractivity contribution is -0.142. The van der Waals surface area contributed by atoms with E-state index < -0.39 is 11.9 Å². The van der Waals surface area contributed by atoms with E-state index >= 15 is 0 Å². The van der Waals surface area contributed by atoms with E-state index in [0.717, 1.165) is 12.8 Å². The summed E-state index contributed by atoms with van der Waals surface area (Å²) >= 11 is 0. The Morgan fingerprint density at radius 2 is 1.61 bits per heavy atom. The highest BCUT2D eigenvalue weighted by Gasteiger charge is 2.25. The van der Waals surface area contributed by atoms with Gasteiger partial charge >= 0.3 is 5.97 Å². The predicted molar refractivity (Wildman–Crippen MR) is 72.3 cm³/mol. The van der Waals surface area contributed by atoms with Gasteiger partial charge in [-0.3, -0.25) is 9.59 Å². The molecule has 0 aliphatic carbocycles. The highest BCUT2D eigenvalue weighted by atomic mass is 16.4. The molecule has 0 bridgehead atoms. The van der Waals surface area contributed by atoms with Crippen LogP contribution in [0.2, 0.25) is 0 Å². The van der Waals surface area contributed by atoms with Crippen LogP contribution < -0.4 is 5.32 Å². The lowest BCUT2D eigenvalue weighted by Gasteiger charge is -2.24. The van der Waals surface area contributed by atoms with Crippen LogP contribution in [0.4, 0.5) is 0 Å². The van der Waals surface area contributed by atoms with Crippen LogP contribution in [0.5, 0.6) is 0 Å². The maximum atomic E-state index is 11.8. The SMILES string of the molecule is CCC(CC)C(=O)NCC(CC(C)(C)C)C(=O)O. The Balaban J connectivity index is 4.36. The Labute approximate surface area is 110 Å². The number of rotatable bonds is 7. The van der Waals surface area contributed by atoms with Crippen LogP contribution in [0.25, 0.3) is 0 Å². The standard InChI is InChI=1S/C14H27NO3/c1-6-10(7-2)12(16)15-9-11(13(17)18)8-14(3,4)5/h10-11H,6-9H2,1-5H3,(H,15,16)(H,17,18). The zero-order valence-electron chi connectivity index (χ0n) is 12.2. The van der Waals surface area contributed by atoms with Crippen molar-refractivity contribution >= 4 is 11.9 Å². The summed E-state index contributed by atoms with van der Waals surface area (Å²) in [5.41, 5.74) is -0.0529. The van der Waals surface area contributed by atoms with Crippen molar-refractivity contribution in [2.45, 2.75) is 53.9 Å². The fourth-order valence-electron chi connectivity index (χ4n) is 2.01. The number of carbonyl (C=O) groups excluding carboxylic acids is 1. The first-order chi connectivity index (χ1) is 8.21. The third-order valence-corrected chi connectivity index (χ3v) is 3.09. The van der Waals surface area contributed by atoms with Crippen LogP contribution in [-0.4, -0.2) is 23.5 Å². The molecule has 0 aromatic rings. The lowest BCUT2D eigenvalue weighted by atomic mass is 9.84. The number of aliphatic carboxylic acids is 1. The molecule has 106 valence electrons. The van der Waals surface area contributed by atoms with Crippen molar-refractivity contribution in [2.75, 3.05) is 6.54 Å². The van der Waals surface area contributed by atoms with Gasteiger partial charge in [0, 0.05) is 12.5 Å². The van der Waals surface area contributed by atoms with E-state index in [4.69, 9.17) is 5.11 Å². The number of nitrogens with one attached hydrogen (secondary N) is 1. The third kappa shape index (κ3) is 6.62. The van der Waals surface area contributed by atoms with Gasteiger partial charge in [-0.25, -0.2) is 0 Å². The van der Waals surface area contributed by atoms with Gasteiger partial charge in [0.15, 0.2) is 0 Å². The normalized spacial score (nSPS) is 13.4. The van der Waals surface area contributed by atoms with Crippen LogP contribution in [0, 0.1) is 17.3 Å². The summed E-state index contributed by atoms with van der Waals surface area (Å²) in [6.45, 7) is 10.2. The van der Waals surface area contributed by atoms with Crippen LogP contribution in [0.3, 0.4) is 0 Å². The van der Waals surface area contributed by atoms with Crippen LogP contribution in [0.1, 0.15) is 53.9 Å². The molecule has 0 spiro atoms. The molecule has 0 rings (SSSR count). The molecule has 0 saturated heterocycles. The van der Waals surface area contributed by atoms with E-state index in [9.17, 15) is 9.59 Å². The summed E-state index contributed by atoms with van der Waals surface area (Å²) in [6, 6.07) is 0. The summed E-state index contributed by atoms with van der Waals surface area (Å²) in [5.74, 6) is -1.38. The predicted octanol–water partition coefficient (Wildman–Crippen LogP) is 2.68. The summed E-state index contributed by atoms with van der Waals surface area (Å²) in [7, 11) is 0. The quantitative estimate of drug-likeness (QED) is 0.737. The average molecular weight is 257 g/mol. The van der Waals surface area contributed by atoms with Gasteiger partial charge in [0.2, 0.25) is 5.91 Å². The molecule has 4 nitrogen and oxygen atoms in total. The van der Waals surface area contributed by atoms with Crippen LogP contribution in [0.15, 0.2) is 0 Å². The van der Waals surface area contributed by atoms with Crippen molar-refractivity contribution in [3.05, 3.63) is 0 Å². The zero-order chi connectivity index (χ0) is 14.3. The molecule has 0 aliphatic rings. The summed E-state index contributed by atoms with van der Waals surface area (Å²) in [4.78, 5) is 22.9. The molecule has 4 heteroatoms. The Morgan fingerprint density at radius 1 is 1.11 bits per heavy atom. The van der Waals surface area contributed by atoms with Crippen molar-refractivity contribution in [1.82, 2.24) is 5.32 Å². The lowest BCUT2D eigenvalue weighted by Crippen LogP contribution is -2.37. The molecule has 2 N–H and O–H groups in total. The van der Waals surface area contributed by atoms with E-state index in [2.05, 4.69) is 5.32 Å². The fraction of sp³-hybridized carbons (Fsp3) is 0.857. The Kier molecular flexibility index (Phi) is 6.96. The third-order valence-electron chi connectivity index (χ3n) is 3.09. The maximum Gasteiger partial charge on any atom is 0.308 e. The van der Waals surface area contributed by atoms with E-state index in [1.54, 1.807) is 0 Å². The monoisotopic (exact) mass is 257 g/mol. The number of carboxylic acid groups (broad SMARTS) is 1. The molecule has 0 fully saturated rings. The molecule has 0 saturated carbocycles. The second-order valence-electron chi connectivity index (χ2n) is 6.06. The average Bonchev–Trinajstić information content (AvgIpc) is 2.24. The minimum Gasteiger partial charge on any atom is -0.481 e. The second-order valence-corrected chi connectivity index (χ2v) is 6.06. The minimum atomic E-state index is -0.838. The molecule has 1 atom stereocenters. The summed E-state index contributed by atoms with van der Waals surface area (Å²) < 4.78 is 0. The van der Waals surface area contributed by atoms with E-state index in [1.165, 1.54) is 0 Å². The number of hydrogen-bond acceptors (Lipinski definition) is 2. The van der Waals surface area contributed by atoms with Gasteiger partial charge < -0.3 is 10.4 Å². The van der Waals surface area contributed by atoms with Crippen molar-refractivity contribution in [3.8, 4) is 0 Å². The molecule has 0 radical (unpaired) electrons. The largest absolute Gasteiger partial charge is 0.481 e. The number of hydrogen-bond donors (Lipinski definition) is 2. The Hall–Kier alpha value is -1.06. The first-order valence-corrected chi connectivity index (χ1v) is 6.71. The Bertz CT molecular complexity index is 277. The van der Waals surface area contributed by atoms with Crippen molar-refractivity contribution in [3.63, 3.8) is 0 Å². The van der Waals surface area contributed by atoms with Gasteiger partial charge in [-0.1, -0.05) is 34.6 Å². The molecule has 0 aromatic heterocycles. The van der Waals surface area contributed by atoms with Gasteiger partial charge in [0.25, 0.3) is 0 Å². The number of carboxylic acids is 1. The molecule has 1 unspecified atom stereocenters. The first-order valence-electron chi connectivity index (χ1n) is 6.71. The van der Waals surface area contributed by atoms with Gasteiger partial charge in [-0.15, -0.1) is 0 Å². The van der Waals surface area contributed by atoms with Gasteiger partial charge in [-0.2, -0.15) is 0 Å². The maximum absolute atomic E-state index is 11.8. The molecular formula is C14H27NO3. The van der Waals surface area contributed by atoms with Gasteiger partial charge in [0.05, 0.1) is 5.92 Å².